The van der Waals surface area contributed by atoms with Gasteiger partial charge in [-0.25, -0.2) is 4.39 Å². The SMILES string of the molecule is CC(C)(N)Cc1cc(F)ccc1OC1CC1. The third kappa shape index (κ3) is 3.20. The Balaban J connectivity index is 2.20. The average molecular weight is 223 g/mol. The molecule has 0 atom stereocenters. The molecule has 1 aliphatic carbocycles. The molecular formula is C13H18FNO. The Morgan fingerprint density at radius 2 is 2.12 bits per heavy atom. The van der Waals surface area contributed by atoms with Crippen molar-refractivity contribution in [2.45, 2.75) is 44.8 Å². The molecular weight excluding hydrogens is 205 g/mol. The Bertz CT molecular complexity index is 380. The molecule has 0 spiro atoms. The molecule has 0 amide bonds. The zero-order valence-corrected chi connectivity index (χ0v) is 9.79. The van der Waals surface area contributed by atoms with Crippen molar-refractivity contribution in [2.75, 3.05) is 0 Å². The molecule has 1 fully saturated rings. The highest BCUT2D eigenvalue weighted by Gasteiger charge is 2.25. The van der Waals surface area contributed by atoms with Gasteiger partial charge in [0.25, 0.3) is 0 Å². The third-order valence-electron chi connectivity index (χ3n) is 2.49. The van der Waals surface area contributed by atoms with Gasteiger partial charge in [0.2, 0.25) is 0 Å². The Morgan fingerprint density at radius 1 is 1.44 bits per heavy atom. The normalized spacial score (nSPS) is 16.2. The van der Waals surface area contributed by atoms with Gasteiger partial charge in [-0.15, -0.1) is 0 Å². The lowest BCUT2D eigenvalue weighted by atomic mass is 9.95. The minimum Gasteiger partial charge on any atom is -0.490 e. The first-order valence-corrected chi connectivity index (χ1v) is 5.68. The van der Waals surface area contributed by atoms with Crippen LogP contribution in [0.1, 0.15) is 32.3 Å². The van der Waals surface area contributed by atoms with Crippen LogP contribution in [0.15, 0.2) is 18.2 Å². The molecule has 1 aromatic carbocycles. The summed E-state index contributed by atoms with van der Waals surface area (Å²) in [7, 11) is 0. The van der Waals surface area contributed by atoms with Crippen LogP contribution in [0.2, 0.25) is 0 Å². The maximum atomic E-state index is 13.2. The summed E-state index contributed by atoms with van der Waals surface area (Å²) in [5.41, 5.74) is 6.46. The van der Waals surface area contributed by atoms with E-state index in [1.807, 2.05) is 13.8 Å². The summed E-state index contributed by atoms with van der Waals surface area (Å²) >= 11 is 0. The lowest BCUT2D eigenvalue weighted by Crippen LogP contribution is -2.34. The molecule has 88 valence electrons. The molecule has 0 radical (unpaired) electrons. The van der Waals surface area contributed by atoms with E-state index in [0.717, 1.165) is 24.2 Å². The van der Waals surface area contributed by atoms with Crippen LogP contribution in [0.5, 0.6) is 5.75 Å². The van der Waals surface area contributed by atoms with Crippen molar-refractivity contribution in [1.82, 2.24) is 0 Å². The molecule has 1 saturated carbocycles. The molecule has 16 heavy (non-hydrogen) atoms. The fourth-order valence-electron chi connectivity index (χ4n) is 1.66. The number of benzene rings is 1. The van der Waals surface area contributed by atoms with Gasteiger partial charge in [0.1, 0.15) is 11.6 Å². The predicted molar refractivity (Wildman–Crippen MR) is 62.0 cm³/mol. The number of nitrogens with two attached hydrogens (primary N) is 1. The largest absolute Gasteiger partial charge is 0.490 e. The van der Waals surface area contributed by atoms with Gasteiger partial charge in [-0.1, -0.05) is 0 Å². The lowest BCUT2D eigenvalue weighted by molar-refractivity contribution is 0.297. The van der Waals surface area contributed by atoms with Gasteiger partial charge in [-0.05, 0) is 56.9 Å². The molecule has 0 aliphatic heterocycles. The van der Waals surface area contributed by atoms with Crippen LogP contribution in [-0.2, 0) is 6.42 Å². The van der Waals surface area contributed by atoms with Crippen LogP contribution >= 0.6 is 0 Å². The number of ether oxygens (including phenoxy) is 1. The number of hydrogen-bond donors (Lipinski definition) is 1. The summed E-state index contributed by atoms with van der Waals surface area (Å²) < 4.78 is 18.9. The molecule has 1 aliphatic rings. The van der Waals surface area contributed by atoms with E-state index in [-0.39, 0.29) is 11.4 Å². The summed E-state index contributed by atoms with van der Waals surface area (Å²) in [6, 6.07) is 4.66. The minimum atomic E-state index is -0.352. The van der Waals surface area contributed by atoms with E-state index in [9.17, 15) is 4.39 Å². The predicted octanol–water partition coefficient (Wildman–Crippen LogP) is 2.65. The molecule has 0 bridgehead atoms. The van der Waals surface area contributed by atoms with Crippen molar-refractivity contribution in [3.63, 3.8) is 0 Å². The highest BCUT2D eigenvalue weighted by atomic mass is 19.1. The van der Waals surface area contributed by atoms with E-state index >= 15 is 0 Å². The highest BCUT2D eigenvalue weighted by molar-refractivity contribution is 5.35. The van der Waals surface area contributed by atoms with Crippen molar-refractivity contribution < 1.29 is 9.13 Å². The lowest BCUT2D eigenvalue weighted by Gasteiger charge is -2.20. The van der Waals surface area contributed by atoms with Gasteiger partial charge < -0.3 is 10.5 Å². The Labute approximate surface area is 95.6 Å². The van der Waals surface area contributed by atoms with Crippen LogP contribution in [-0.4, -0.2) is 11.6 Å². The molecule has 0 aromatic heterocycles. The van der Waals surface area contributed by atoms with Crippen molar-refractivity contribution in [2.24, 2.45) is 5.73 Å². The second-order valence-corrected chi connectivity index (χ2v) is 5.23. The van der Waals surface area contributed by atoms with Crippen LogP contribution in [0, 0.1) is 5.82 Å². The van der Waals surface area contributed by atoms with Gasteiger partial charge in [0.15, 0.2) is 0 Å². The Hall–Kier alpha value is -1.09. The summed E-state index contributed by atoms with van der Waals surface area (Å²) in [6.45, 7) is 3.86. The van der Waals surface area contributed by atoms with E-state index < -0.39 is 0 Å². The zero-order chi connectivity index (χ0) is 11.8. The zero-order valence-electron chi connectivity index (χ0n) is 9.79. The van der Waals surface area contributed by atoms with Crippen LogP contribution in [0.25, 0.3) is 0 Å². The van der Waals surface area contributed by atoms with Gasteiger partial charge in [-0.2, -0.15) is 0 Å². The molecule has 0 unspecified atom stereocenters. The molecule has 2 N–H and O–H groups in total. The number of hydrogen-bond acceptors (Lipinski definition) is 2. The molecule has 0 heterocycles. The minimum absolute atomic E-state index is 0.234. The first-order chi connectivity index (χ1) is 7.44. The molecule has 3 heteroatoms. The maximum Gasteiger partial charge on any atom is 0.123 e. The van der Waals surface area contributed by atoms with Crippen LogP contribution in [0.4, 0.5) is 4.39 Å². The van der Waals surface area contributed by atoms with E-state index in [1.165, 1.54) is 12.1 Å². The van der Waals surface area contributed by atoms with Crippen LogP contribution in [0.3, 0.4) is 0 Å². The quantitative estimate of drug-likeness (QED) is 0.851. The van der Waals surface area contributed by atoms with Crippen molar-refractivity contribution >= 4 is 0 Å². The van der Waals surface area contributed by atoms with E-state index in [1.54, 1.807) is 6.07 Å². The van der Waals surface area contributed by atoms with Crippen molar-refractivity contribution in [3.05, 3.63) is 29.6 Å². The first kappa shape index (κ1) is 11.4. The molecule has 0 saturated heterocycles. The fourth-order valence-corrected chi connectivity index (χ4v) is 1.66. The van der Waals surface area contributed by atoms with E-state index in [2.05, 4.69) is 0 Å². The van der Waals surface area contributed by atoms with Gasteiger partial charge in [0.05, 0.1) is 6.10 Å². The number of rotatable bonds is 4. The van der Waals surface area contributed by atoms with Gasteiger partial charge in [-0.3, -0.25) is 0 Å². The van der Waals surface area contributed by atoms with Crippen molar-refractivity contribution in [3.8, 4) is 5.75 Å². The van der Waals surface area contributed by atoms with Gasteiger partial charge in [0, 0.05) is 5.54 Å². The monoisotopic (exact) mass is 223 g/mol. The van der Waals surface area contributed by atoms with E-state index in [4.69, 9.17) is 10.5 Å². The summed E-state index contributed by atoms with van der Waals surface area (Å²) in [5.74, 6) is 0.546. The van der Waals surface area contributed by atoms with Gasteiger partial charge >= 0.3 is 0 Å². The smallest absolute Gasteiger partial charge is 0.123 e. The Kier molecular flexibility index (Phi) is 2.89. The molecule has 1 aromatic rings. The fraction of sp³-hybridized carbons (Fsp3) is 0.538. The van der Waals surface area contributed by atoms with E-state index in [0.29, 0.717) is 12.5 Å². The standard InChI is InChI=1S/C13H18FNO/c1-13(2,15)8-9-7-10(14)3-6-12(9)16-11-4-5-11/h3,6-7,11H,4-5,8,15H2,1-2H3. The second-order valence-electron chi connectivity index (χ2n) is 5.23. The maximum absolute atomic E-state index is 13.2. The first-order valence-electron chi connectivity index (χ1n) is 5.68. The van der Waals surface area contributed by atoms with Crippen molar-refractivity contribution in [1.29, 1.82) is 0 Å². The average Bonchev–Trinajstić information content (AvgIpc) is 2.91. The Morgan fingerprint density at radius 3 is 2.69 bits per heavy atom. The number of halogens is 1. The third-order valence-corrected chi connectivity index (χ3v) is 2.49. The second kappa shape index (κ2) is 4.06. The topological polar surface area (TPSA) is 35.2 Å². The summed E-state index contributed by atoms with van der Waals surface area (Å²) in [6.07, 6.45) is 3.14. The molecule has 2 nitrogen and oxygen atoms in total. The summed E-state index contributed by atoms with van der Waals surface area (Å²) in [5, 5.41) is 0. The highest BCUT2D eigenvalue weighted by Crippen LogP contribution is 2.30. The van der Waals surface area contributed by atoms with Crippen LogP contribution < -0.4 is 10.5 Å². The summed E-state index contributed by atoms with van der Waals surface area (Å²) in [4.78, 5) is 0. The molecule has 2 rings (SSSR count).